The third kappa shape index (κ3) is 3.34. The number of aromatic nitrogens is 4. The Morgan fingerprint density at radius 3 is 2.27 bits per heavy atom. The minimum atomic E-state index is -0.571. The van der Waals surface area contributed by atoms with Crippen molar-refractivity contribution in [3.8, 4) is 0 Å². The van der Waals surface area contributed by atoms with Crippen LogP contribution in [-0.4, -0.2) is 18.9 Å². The summed E-state index contributed by atoms with van der Waals surface area (Å²) in [6.07, 6.45) is 0. The zero-order valence-electron chi connectivity index (χ0n) is 16.6. The first-order chi connectivity index (χ1) is 14.4. The van der Waals surface area contributed by atoms with Crippen LogP contribution in [-0.2, 0) is 19.6 Å². The van der Waals surface area contributed by atoms with Gasteiger partial charge in [0.2, 0.25) is 0 Å². The Bertz CT molecular complexity index is 1350. The molecule has 2 aromatic heterocycles. The highest BCUT2D eigenvalue weighted by Gasteiger charge is 2.21. The fourth-order valence-corrected chi connectivity index (χ4v) is 3.65. The molecule has 2 heterocycles. The van der Waals surface area contributed by atoms with Crippen LogP contribution in [0, 0.1) is 18.6 Å². The monoisotopic (exact) mass is 410 g/mol. The molecule has 0 atom stereocenters. The van der Waals surface area contributed by atoms with E-state index < -0.39 is 22.9 Å². The minimum Gasteiger partial charge on any atom is -0.285 e. The maximum atomic E-state index is 14.3. The van der Waals surface area contributed by atoms with Gasteiger partial charge in [-0.15, -0.1) is 0 Å². The van der Waals surface area contributed by atoms with Gasteiger partial charge in [0, 0.05) is 12.1 Å². The van der Waals surface area contributed by atoms with Crippen LogP contribution in [0.25, 0.3) is 11.0 Å². The average molecular weight is 410 g/mol. The van der Waals surface area contributed by atoms with Crippen LogP contribution in [0.5, 0.6) is 0 Å². The fourth-order valence-electron chi connectivity index (χ4n) is 3.65. The molecule has 0 amide bonds. The summed E-state index contributed by atoms with van der Waals surface area (Å²) < 4.78 is 31.6. The van der Waals surface area contributed by atoms with Gasteiger partial charge in [-0.3, -0.25) is 18.6 Å². The first-order valence-electron chi connectivity index (χ1n) is 9.59. The highest BCUT2D eigenvalue weighted by Crippen LogP contribution is 2.17. The lowest BCUT2D eigenvalue weighted by Crippen LogP contribution is -2.41. The first kappa shape index (κ1) is 19.8. The van der Waals surface area contributed by atoms with Gasteiger partial charge in [0.25, 0.3) is 5.56 Å². The molecule has 154 valence electrons. The summed E-state index contributed by atoms with van der Waals surface area (Å²) in [5.41, 5.74) is 1.08. The van der Waals surface area contributed by atoms with E-state index in [4.69, 9.17) is 0 Å². The quantitative estimate of drug-likeness (QED) is 0.508. The Labute approximate surface area is 170 Å². The van der Waals surface area contributed by atoms with E-state index >= 15 is 0 Å². The van der Waals surface area contributed by atoms with Crippen molar-refractivity contribution < 1.29 is 8.78 Å². The van der Waals surface area contributed by atoms with Crippen LogP contribution in [0.1, 0.15) is 23.7 Å². The molecule has 0 fully saturated rings. The lowest BCUT2D eigenvalue weighted by Gasteiger charge is -2.14. The van der Waals surface area contributed by atoms with Gasteiger partial charge in [-0.05, 0) is 37.6 Å². The molecule has 0 aliphatic heterocycles. The zero-order chi connectivity index (χ0) is 21.4. The molecule has 4 aromatic rings. The van der Waals surface area contributed by atoms with Crippen molar-refractivity contribution in [2.45, 2.75) is 33.5 Å². The van der Waals surface area contributed by atoms with Gasteiger partial charge >= 0.3 is 5.69 Å². The first-order valence-corrected chi connectivity index (χ1v) is 9.59. The van der Waals surface area contributed by atoms with E-state index in [1.807, 2.05) is 6.92 Å². The molecule has 0 radical (unpaired) electrons. The van der Waals surface area contributed by atoms with Crippen molar-refractivity contribution in [1.82, 2.24) is 18.9 Å². The molecule has 0 spiro atoms. The molecule has 30 heavy (non-hydrogen) atoms. The van der Waals surface area contributed by atoms with Gasteiger partial charge in [-0.1, -0.05) is 30.3 Å². The Hall–Kier alpha value is -3.55. The van der Waals surface area contributed by atoms with Crippen LogP contribution in [0.15, 0.2) is 58.1 Å². The number of aryl methyl sites for hydroxylation is 2. The van der Waals surface area contributed by atoms with Gasteiger partial charge in [0.15, 0.2) is 5.52 Å². The maximum Gasteiger partial charge on any atom is 0.332 e. The number of rotatable bonds is 5. The van der Waals surface area contributed by atoms with Gasteiger partial charge in [-0.2, -0.15) is 5.10 Å². The van der Waals surface area contributed by atoms with Crippen molar-refractivity contribution in [3.05, 3.63) is 97.8 Å². The normalized spacial score (nSPS) is 11.3. The number of hydrogen-bond donors (Lipinski definition) is 0. The van der Waals surface area contributed by atoms with Crippen LogP contribution >= 0.6 is 0 Å². The topological polar surface area (TPSA) is 61.8 Å². The third-order valence-corrected chi connectivity index (χ3v) is 5.12. The van der Waals surface area contributed by atoms with Gasteiger partial charge < -0.3 is 0 Å². The number of hydrogen-bond acceptors (Lipinski definition) is 3. The average Bonchev–Trinajstić information content (AvgIpc) is 3.07. The Morgan fingerprint density at radius 1 is 0.900 bits per heavy atom. The Kier molecular flexibility index (Phi) is 5.07. The maximum absolute atomic E-state index is 14.3. The lowest BCUT2D eigenvalue weighted by molar-refractivity contribution is 0.581. The lowest BCUT2D eigenvalue weighted by atomic mass is 10.2. The highest BCUT2D eigenvalue weighted by molar-refractivity contribution is 5.77. The van der Waals surface area contributed by atoms with Gasteiger partial charge in [0.05, 0.1) is 24.3 Å². The van der Waals surface area contributed by atoms with E-state index in [0.717, 1.165) is 4.57 Å². The Balaban J connectivity index is 1.98. The predicted octanol–water partition coefficient (Wildman–Crippen LogP) is 3.06. The summed E-state index contributed by atoms with van der Waals surface area (Å²) in [6, 6.07) is 11.8. The van der Waals surface area contributed by atoms with E-state index in [1.165, 1.54) is 34.9 Å². The summed E-state index contributed by atoms with van der Waals surface area (Å²) in [4.78, 5) is 26.6. The van der Waals surface area contributed by atoms with Gasteiger partial charge in [0.1, 0.15) is 11.6 Å². The predicted molar refractivity (Wildman–Crippen MR) is 110 cm³/mol. The molecule has 2 aromatic carbocycles. The highest BCUT2D eigenvalue weighted by atomic mass is 19.1. The van der Waals surface area contributed by atoms with Crippen molar-refractivity contribution in [2.24, 2.45) is 0 Å². The van der Waals surface area contributed by atoms with Crippen LogP contribution in [0.4, 0.5) is 8.78 Å². The fraction of sp³-hybridized carbons (Fsp3) is 0.227. The molecule has 0 aliphatic rings. The summed E-state index contributed by atoms with van der Waals surface area (Å²) in [6.45, 7) is 3.94. The standard InChI is InChI=1S/C22H20F2N4O2/c1-3-28-20-19(14(2)25-28)26(13-16-6-4-5-7-18(16)24)22(30)27(21(20)29)12-15-8-10-17(23)11-9-15/h4-11H,3,12-13H2,1-2H3. The van der Waals surface area contributed by atoms with E-state index in [-0.39, 0.29) is 18.6 Å². The van der Waals surface area contributed by atoms with Crippen molar-refractivity contribution >= 4 is 11.0 Å². The number of halogens is 2. The second-order valence-electron chi connectivity index (χ2n) is 7.08. The van der Waals surface area contributed by atoms with Crippen LogP contribution < -0.4 is 11.2 Å². The molecule has 0 bridgehead atoms. The molecular weight excluding hydrogens is 390 g/mol. The largest absolute Gasteiger partial charge is 0.332 e. The zero-order valence-corrected chi connectivity index (χ0v) is 16.6. The van der Waals surface area contributed by atoms with Gasteiger partial charge in [-0.25, -0.2) is 13.6 Å². The number of nitrogens with zero attached hydrogens (tertiary/aromatic N) is 4. The Morgan fingerprint density at radius 2 is 1.60 bits per heavy atom. The molecule has 0 saturated heterocycles. The molecule has 6 nitrogen and oxygen atoms in total. The van der Waals surface area contributed by atoms with E-state index in [0.29, 0.717) is 28.9 Å². The second-order valence-corrected chi connectivity index (χ2v) is 7.08. The smallest absolute Gasteiger partial charge is 0.285 e. The molecule has 0 N–H and O–H groups in total. The summed E-state index contributed by atoms with van der Waals surface area (Å²) in [5, 5.41) is 4.39. The van der Waals surface area contributed by atoms with Crippen molar-refractivity contribution in [1.29, 1.82) is 0 Å². The molecular formula is C22H20F2N4O2. The summed E-state index contributed by atoms with van der Waals surface area (Å²) in [7, 11) is 0. The summed E-state index contributed by atoms with van der Waals surface area (Å²) in [5.74, 6) is -0.840. The number of benzene rings is 2. The minimum absolute atomic E-state index is 0.0287. The molecule has 8 heteroatoms. The van der Waals surface area contributed by atoms with E-state index in [9.17, 15) is 18.4 Å². The van der Waals surface area contributed by atoms with E-state index in [1.54, 1.807) is 29.8 Å². The summed E-state index contributed by atoms with van der Waals surface area (Å²) >= 11 is 0. The van der Waals surface area contributed by atoms with Crippen molar-refractivity contribution in [2.75, 3.05) is 0 Å². The van der Waals surface area contributed by atoms with E-state index in [2.05, 4.69) is 5.10 Å². The molecule has 4 rings (SSSR count). The third-order valence-electron chi connectivity index (χ3n) is 5.12. The molecule has 0 aliphatic carbocycles. The second kappa shape index (κ2) is 7.70. The molecule has 0 unspecified atom stereocenters. The number of fused-ring (bicyclic) bond motifs is 1. The van der Waals surface area contributed by atoms with Crippen LogP contribution in [0.3, 0.4) is 0 Å². The van der Waals surface area contributed by atoms with Crippen molar-refractivity contribution in [3.63, 3.8) is 0 Å². The SMILES string of the molecule is CCn1nc(C)c2c1c(=O)n(Cc1ccc(F)cc1)c(=O)n2Cc1ccccc1F. The van der Waals surface area contributed by atoms with Crippen LogP contribution in [0.2, 0.25) is 0 Å². The molecule has 0 saturated carbocycles.